The van der Waals surface area contributed by atoms with Crippen LogP contribution in [0.1, 0.15) is 31.7 Å². The summed E-state index contributed by atoms with van der Waals surface area (Å²) < 4.78 is 11.3. The zero-order chi connectivity index (χ0) is 14.8. The van der Waals surface area contributed by atoms with E-state index in [1.807, 2.05) is 0 Å². The quantitative estimate of drug-likeness (QED) is 0.921. The summed E-state index contributed by atoms with van der Waals surface area (Å²) >= 11 is 0. The average molecular weight is 288 g/mol. The van der Waals surface area contributed by atoms with Crippen LogP contribution < -0.4 is 14.8 Å². The van der Waals surface area contributed by atoms with Crippen LogP contribution in [0.15, 0.2) is 18.7 Å². The molecular formula is C17H24N2O2. The van der Waals surface area contributed by atoms with Gasteiger partial charge in [0.2, 0.25) is 0 Å². The third-order valence-electron chi connectivity index (χ3n) is 4.33. The summed E-state index contributed by atoms with van der Waals surface area (Å²) in [6.07, 6.45) is 3.46. The largest absolute Gasteiger partial charge is 0.493 e. The fraction of sp³-hybridized carbons (Fsp3) is 0.529. The maximum Gasteiger partial charge on any atom is 0.163 e. The van der Waals surface area contributed by atoms with Crippen LogP contribution in [-0.4, -0.2) is 37.7 Å². The van der Waals surface area contributed by atoms with Crippen LogP contribution >= 0.6 is 0 Å². The second-order valence-corrected chi connectivity index (χ2v) is 5.71. The molecule has 0 amide bonds. The van der Waals surface area contributed by atoms with Crippen molar-refractivity contribution in [1.29, 1.82) is 0 Å². The van der Waals surface area contributed by atoms with Crippen LogP contribution in [0.5, 0.6) is 11.5 Å². The van der Waals surface area contributed by atoms with Gasteiger partial charge < -0.3 is 19.7 Å². The smallest absolute Gasteiger partial charge is 0.163 e. The van der Waals surface area contributed by atoms with Gasteiger partial charge in [0.25, 0.3) is 0 Å². The summed E-state index contributed by atoms with van der Waals surface area (Å²) in [5, 5.41) is 3.56. The third kappa shape index (κ3) is 2.55. The molecule has 1 atom stereocenters. The topological polar surface area (TPSA) is 33.7 Å². The van der Waals surface area contributed by atoms with E-state index in [-0.39, 0.29) is 0 Å². The molecule has 1 saturated heterocycles. The Balaban J connectivity index is 1.97. The van der Waals surface area contributed by atoms with Crippen LogP contribution in [0.4, 0.5) is 5.69 Å². The highest BCUT2D eigenvalue weighted by Crippen LogP contribution is 2.40. The Morgan fingerprint density at radius 2 is 2.24 bits per heavy atom. The molecule has 0 bridgehead atoms. The molecule has 0 aromatic heterocycles. The van der Waals surface area contributed by atoms with Crippen molar-refractivity contribution in [3.63, 3.8) is 0 Å². The molecule has 1 N–H and O–H groups in total. The molecule has 4 heteroatoms. The van der Waals surface area contributed by atoms with E-state index in [0.717, 1.165) is 48.0 Å². The molecule has 21 heavy (non-hydrogen) atoms. The Hall–Kier alpha value is -1.84. The second-order valence-electron chi connectivity index (χ2n) is 5.71. The summed E-state index contributed by atoms with van der Waals surface area (Å²) in [4.78, 5) is 2.42. The lowest BCUT2D eigenvalue weighted by Crippen LogP contribution is -2.30. The van der Waals surface area contributed by atoms with Gasteiger partial charge in [0, 0.05) is 42.1 Å². The van der Waals surface area contributed by atoms with Crippen molar-refractivity contribution in [1.82, 2.24) is 4.90 Å². The number of methoxy groups -OCH3 is 1. The van der Waals surface area contributed by atoms with Crippen LogP contribution in [0.3, 0.4) is 0 Å². The van der Waals surface area contributed by atoms with E-state index in [2.05, 4.69) is 35.9 Å². The number of fused-ring (bicyclic) bond motifs is 2. The fourth-order valence-corrected chi connectivity index (χ4v) is 3.22. The van der Waals surface area contributed by atoms with Gasteiger partial charge in [-0.15, -0.1) is 0 Å². The molecule has 0 radical (unpaired) electrons. The zero-order valence-corrected chi connectivity index (χ0v) is 12.9. The van der Waals surface area contributed by atoms with E-state index in [1.54, 1.807) is 7.11 Å². The van der Waals surface area contributed by atoms with Crippen LogP contribution in [0, 0.1) is 0 Å². The summed E-state index contributed by atoms with van der Waals surface area (Å²) in [6, 6.07) is 4.66. The molecule has 2 heterocycles. The number of anilines is 1. The second kappa shape index (κ2) is 5.88. The standard InChI is InChI=1S/C17H24N2O2/c1-4-8-21-17-10-15-14(9-16(17)20-3)12(2)19-7-5-6-13(19)11-18-15/h9-10,13,18H,2,4-8,11H2,1,3H3/t13-/m0/s1. The molecule has 2 aliphatic rings. The van der Waals surface area contributed by atoms with E-state index in [0.29, 0.717) is 12.6 Å². The average Bonchev–Trinajstić information content (AvgIpc) is 2.93. The first kappa shape index (κ1) is 14.1. The molecule has 0 unspecified atom stereocenters. The molecule has 3 rings (SSSR count). The third-order valence-corrected chi connectivity index (χ3v) is 4.33. The number of nitrogens with zero attached hydrogens (tertiary/aromatic N) is 1. The lowest BCUT2D eigenvalue weighted by Gasteiger charge is -2.25. The fourth-order valence-electron chi connectivity index (χ4n) is 3.22. The zero-order valence-electron chi connectivity index (χ0n) is 12.9. The van der Waals surface area contributed by atoms with Gasteiger partial charge in [-0.3, -0.25) is 0 Å². The van der Waals surface area contributed by atoms with Crippen molar-refractivity contribution < 1.29 is 9.47 Å². The molecule has 1 aromatic carbocycles. The van der Waals surface area contributed by atoms with Crippen molar-refractivity contribution in [2.45, 2.75) is 32.2 Å². The van der Waals surface area contributed by atoms with Gasteiger partial charge >= 0.3 is 0 Å². The molecule has 1 aromatic rings. The van der Waals surface area contributed by atoms with Crippen LogP contribution in [-0.2, 0) is 0 Å². The molecule has 1 fully saturated rings. The van der Waals surface area contributed by atoms with E-state index >= 15 is 0 Å². The van der Waals surface area contributed by atoms with Crippen molar-refractivity contribution in [2.75, 3.05) is 32.1 Å². The summed E-state index contributed by atoms with van der Waals surface area (Å²) in [6.45, 7) is 9.18. The summed E-state index contributed by atoms with van der Waals surface area (Å²) in [7, 11) is 1.69. The maximum atomic E-state index is 5.81. The number of nitrogens with one attached hydrogen (secondary N) is 1. The Labute approximate surface area is 126 Å². The molecule has 2 aliphatic heterocycles. The SMILES string of the molecule is C=C1c2cc(OC)c(OCCC)cc2NC[C@@H]2CCCN12. The van der Waals surface area contributed by atoms with E-state index in [9.17, 15) is 0 Å². The Morgan fingerprint density at radius 1 is 1.38 bits per heavy atom. The highest BCUT2D eigenvalue weighted by atomic mass is 16.5. The minimum Gasteiger partial charge on any atom is -0.493 e. The van der Waals surface area contributed by atoms with Gasteiger partial charge in [0.1, 0.15) is 0 Å². The van der Waals surface area contributed by atoms with Gasteiger partial charge in [-0.2, -0.15) is 0 Å². The van der Waals surface area contributed by atoms with Gasteiger partial charge in [0.05, 0.1) is 13.7 Å². The minimum atomic E-state index is 0.552. The number of benzene rings is 1. The van der Waals surface area contributed by atoms with Crippen molar-refractivity contribution in [3.8, 4) is 11.5 Å². The molecular weight excluding hydrogens is 264 g/mol. The van der Waals surface area contributed by atoms with E-state index in [1.165, 1.54) is 12.8 Å². The Kier molecular flexibility index (Phi) is 3.95. The first-order valence-electron chi connectivity index (χ1n) is 7.79. The van der Waals surface area contributed by atoms with Gasteiger partial charge in [0.15, 0.2) is 11.5 Å². The molecule has 0 saturated carbocycles. The normalized spacial score (nSPS) is 20.4. The van der Waals surface area contributed by atoms with Crippen LogP contribution in [0.2, 0.25) is 0 Å². The number of hydrogen-bond donors (Lipinski definition) is 1. The van der Waals surface area contributed by atoms with Gasteiger partial charge in [-0.05, 0) is 25.3 Å². The minimum absolute atomic E-state index is 0.552. The molecule has 4 nitrogen and oxygen atoms in total. The number of hydrogen-bond acceptors (Lipinski definition) is 4. The lowest BCUT2D eigenvalue weighted by atomic mass is 10.1. The van der Waals surface area contributed by atoms with E-state index < -0.39 is 0 Å². The van der Waals surface area contributed by atoms with Gasteiger partial charge in [-0.1, -0.05) is 13.5 Å². The summed E-state index contributed by atoms with van der Waals surface area (Å²) in [5.41, 5.74) is 3.32. The van der Waals surface area contributed by atoms with Crippen molar-refractivity contribution in [2.24, 2.45) is 0 Å². The molecule has 114 valence electrons. The number of rotatable bonds is 4. The van der Waals surface area contributed by atoms with Gasteiger partial charge in [-0.25, -0.2) is 0 Å². The monoisotopic (exact) mass is 288 g/mol. The van der Waals surface area contributed by atoms with E-state index in [4.69, 9.17) is 9.47 Å². The van der Waals surface area contributed by atoms with Crippen LogP contribution in [0.25, 0.3) is 5.70 Å². The lowest BCUT2D eigenvalue weighted by molar-refractivity contribution is 0.294. The predicted octanol–water partition coefficient (Wildman–Crippen LogP) is 3.34. The molecule has 0 aliphatic carbocycles. The van der Waals surface area contributed by atoms with Crippen molar-refractivity contribution >= 4 is 11.4 Å². The Bertz CT molecular complexity index is 542. The highest BCUT2D eigenvalue weighted by molar-refractivity contribution is 5.78. The highest BCUT2D eigenvalue weighted by Gasteiger charge is 2.30. The van der Waals surface area contributed by atoms with Crippen molar-refractivity contribution in [3.05, 3.63) is 24.3 Å². The first-order valence-corrected chi connectivity index (χ1v) is 7.79. The first-order chi connectivity index (χ1) is 10.2. The Morgan fingerprint density at radius 3 is 3.00 bits per heavy atom. The maximum absolute atomic E-state index is 5.81. The summed E-state index contributed by atoms with van der Waals surface area (Å²) in [5.74, 6) is 1.59. The number of ether oxygens (including phenoxy) is 2. The molecule has 0 spiro atoms. The predicted molar refractivity (Wildman–Crippen MR) is 86.0 cm³/mol.